The molecule has 0 atom stereocenters. The van der Waals surface area contributed by atoms with Crippen molar-refractivity contribution >= 4 is 22.7 Å². The molecule has 7 nitrogen and oxygen atoms in total. The standard InChI is InChI=1S/C21H28N6O/c1-4-17-16(19(5-2)28-27-17)14-25-21(22-3)24-13-12-23-20-11-10-15-8-6-7-9-18(15)26-20/h6-11H,4-5,12-14H2,1-3H3,(H,23,26)(H2,22,24,25). The third-order valence-corrected chi connectivity index (χ3v) is 4.59. The van der Waals surface area contributed by atoms with Crippen LogP contribution < -0.4 is 16.0 Å². The molecule has 0 radical (unpaired) electrons. The average Bonchev–Trinajstić information content (AvgIpc) is 3.15. The lowest BCUT2D eigenvalue weighted by Crippen LogP contribution is -2.39. The van der Waals surface area contributed by atoms with Gasteiger partial charge in [0.25, 0.3) is 0 Å². The van der Waals surface area contributed by atoms with E-state index in [1.54, 1.807) is 7.05 Å². The highest BCUT2D eigenvalue weighted by molar-refractivity contribution is 5.80. The number of aliphatic imine (C=N–C) groups is 1. The minimum Gasteiger partial charge on any atom is -0.368 e. The Hall–Kier alpha value is -3.09. The van der Waals surface area contributed by atoms with Gasteiger partial charge in [0.05, 0.1) is 11.2 Å². The molecule has 3 N–H and O–H groups in total. The van der Waals surface area contributed by atoms with Crippen molar-refractivity contribution in [3.63, 3.8) is 0 Å². The van der Waals surface area contributed by atoms with Crippen molar-refractivity contribution in [1.29, 1.82) is 0 Å². The number of fused-ring (bicyclic) bond motifs is 1. The molecule has 2 aromatic heterocycles. The van der Waals surface area contributed by atoms with E-state index in [1.807, 2.05) is 24.3 Å². The van der Waals surface area contributed by atoms with Crippen LogP contribution in [-0.2, 0) is 19.4 Å². The fourth-order valence-electron chi connectivity index (χ4n) is 3.07. The largest absolute Gasteiger partial charge is 0.368 e. The zero-order chi connectivity index (χ0) is 19.8. The second-order valence-corrected chi connectivity index (χ2v) is 6.41. The lowest BCUT2D eigenvalue weighted by Gasteiger charge is -2.13. The molecule has 7 heteroatoms. The van der Waals surface area contributed by atoms with Crippen molar-refractivity contribution in [2.24, 2.45) is 4.99 Å². The van der Waals surface area contributed by atoms with Crippen molar-refractivity contribution in [2.45, 2.75) is 33.2 Å². The Morgan fingerprint density at radius 3 is 2.68 bits per heavy atom. The average molecular weight is 380 g/mol. The van der Waals surface area contributed by atoms with Crippen molar-refractivity contribution in [1.82, 2.24) is 20.8 Å². The summed E-state index contributed by atoms with van der Waals surface area (Å²) in [4.78, 5) is 8.90. The van der Waals surface area contributed by atoms with Crippen molar-refractivity contribution in [3.05, 3.63) is 53.4 Å². The first-order valence-corrected chi connectivity index (χ1v) is 9.75. The maximum Gasteiger partial charge on any atom is 0.191 e. The fraction of sp³-hybridized carbons (Fsp3) is 0.381. The number of nitrogens with one attached hydrogen (secondary N) is 3. The Morgan fingerprint density at radius 1 is 1.04 bits per heavy atom. The molecular formula is C21H28N6O. The third-order valence-electron chi connectivity index (χ3n) is 4.59. The maximum absolute atomic E-state index is 5.41. The number of anilines is 1. The van der Waals surface area contributed by atoms with E-state index in [9.17, 15) is 0 Å². The topological polar surface area (TPSA) is 87.4 Å². The van der Waals surface area contributed by atoms with E-state index in [4.69, 9.17) is 4.52 Å². The fourth-order valence-corrected chi connectivity index (χ4v) is 3.07. The molecule has 3 rings (SSSR count). The van der Waals surface area contributed by atoms with Gasteiger partial charge in [0.15, 0.2) is 5.96 Å². The number of para-hydroxylation sites is 1. The van der Waals surface area contributed by atoms with E-state index >= 15 is 0 Å². The molecule has 0 aliphatic carbocycles. The summed E-state index contributed by atoms with van der Waals surface area (Å²) in [7, 11) is 1.77. The van der Waals surface area contributed by atoms with Gasteiger partial charge in [-0.15, -0.1) is 0 Å². The molecule has 1 aromatic carbocycles. The number of pyridine rings is 1. The first-order chi connectivity index (χ1) is 13.7. The lowest BCUT2D eigenvalue weighted by molar-refractivity contribution is 0.380. The number of nitrogens with zero attached hydrogens (tertiary/aromatic N) is 3. The molecule has 0 aliphatic heterocycles. The van der Waals surface area contributed by atoms with Crippen LogP contribution in [0.25, 0.3) is 10.9 Å². The SMILES string of the molecule is CCc1noc(CC)c1CNC(=NC)NCCNc1ccc2ccccc2n1. The van der Waals surface area contributed by atoms with E-state index in [2.05, 4.69) is 57.1 Å². The molecule has 0 amide bonds. The van der Waals surface area contributed by atoms with Gasteiger partial charge in [0, 0.05) is 44.1 Å². The van der Waals surface area contributed by atoms with Crippen LogP contribution in [0.3, 0.4) is 0 Å². The van der Waals surface area contributed by atoms with Crippen LogP contribution in [-0.4, -0.2) is 36.2 Å². The van der Waals surface area contributed by atoms with Gasteiger partial charge < -0.3 is 20.5 Å². The minimum atomic E-state index is 0.648. The Balaban J connectivity index is 1.47. The molecule has 0 fully saturated rings. The van der Waals surface area contributed by atoms with Gasteiger partial charge in [-0.25, -0.2) is 4.98 Å². The minimum absolute atomic E-state index is 0.648. The molecule has 0 unspecified atom stereocenters. The maximum atomic E-state index is 5.41. The highest BCUT2D eigenvalue weighted by Crippen LogP contribution is 2.15. The number of hydrogen-bond donors (Lipinski definition) is 3. The summed E-state index contributed by atoms with van der Waals surface area (Å²) >= 11 is 0. The zero-order valence-electron chi connectivity index (χ0n) is 16.7. The zero-order valence-corrected chi connectivity index (χ0v) is 16.7. The van der Waals surface area contributed by atoms with E-state index in [-0.39, 0.29) is 0 Å². The summed E-state index contributed by atoms with van der Waals surface area (Å²) in [6.07, 6.45) is 1.69. The van der Waals surface area contributed by atoms with E-state index in [0.29, 0.717) is 6.54 Å². The van der Waals surface area contributed by atoms with Crippen LogP contribution in [0.15, 0.2) is 45.9 Å². The summed E-state index contributed by atoms with van der Waals surface area (Å²) in [6, 6.07) is 12.2. The van der Waals surface area contributed by atoms with Crippen molar-refractivity contribution in [3.8, 4) is 0 Å². The number of aryl methyl sites for hydroxylation is 2. The van der Waals surface area contributed by atoms with E-state index < -0.39 is 0 Å². The second-order valence-electron chi connectivity index (χ2n) is 6.41. The van der Waals surface area contributed by atoms with Crippen LogP contribution >= 0.6 is 0 Å². The molecule has 0 aliphatic rings. The van der Waals surface area contributed by atoms with E-state index in [0.717, 1.165) is 65.6 Å². The van der Waals surface area contributed by atoms with Gasteiger partial charge in [-0.05, 0) is 24.6 Å². The van der Waals surface area contributed by atoms with Gasteiger partial charge in [-0.3, -0.25) is 4.99 Å². The van der Waals surface area contributed by atoms with Gasteiger partial charge in [0.1, 0.15) is 11.6 Å². The lowest BCUT2D eigenvalue weighted by atomic mass is 10.1. The quantitative estimate of drug-likeness (QED) is 0.316. The van der Waals surface area contributed by atoms with E-state index in [1.165, 1.54) is 0 Å². The molecule has 0 spiro atoms. The van der Waals surface area contributed by atoms with Crippen LogP contribution in [0.5, 0.6) is 0 Å². The number of hydrogen-bond acceptors (Lipinski definition) is 5. The summed E-state index contributed by atoms with van der Waals surface area (Å²) in [5.74, 6) is 2.55. The van der Waals surface area contributed by atoms with Gasteiger partial charge in [-0.1, -0.05) is 37.2 Å². The Morgan fingerprint density at radius 2 is 1.89 bits per heavy atom. The molecule has 3 aromatic rings. The predicted molar refractivity (Wildman–Crippen MR) is 114 cm³/mol. The Labute approximate surface area is 165 Å². The molecule has 0 saturated heterocycles. The smallest absolute Gasteiger partial charge is 0.191 e. The van der Waals surface area contributed by atoms with Crippen LogP contribution in [0.1, 0.15) is 30.9 Å². The van der Waals surface area contributed by atoms with Gasteiger partial charge in [0.2, 0.25) is 0 Å². The van der Waals surface area contributed by atoms with Crippen LogP contribution in [0.2, 0.25) is 0 Å². The Kier molecular flexibility index (Phi) is 6.84. The number of rotatable bonds is 8. The third kappa shape index (κ3) is 4.79. The molecule has 0 bridgehead atoms. The first kappa shape index (κ1) is 19.7. The second kappa shape index (κ2) is 9.73. The predicted octanol–water partition coefficient (Wildman–Crippen LogP) is 3.12. The molecular weight excluding hydrogens is 352 g/mol. The first-order valence-electron chi connectivity index (χ1n) is 9.75. The van der Waals surface area contributed by atoms with Gasteiger partial charge >= 0.3 is 0 Å². The molecule has 0 saturated carbocycles. The van der Waals surface area contributed by atoms with Gasteiger partial charge in [-0.2, -0.15) is 0 Å². The summed E-state index contributed by atoms with van der Waals surface area (Å²) in [6.45, 7) is 6.26. The monoisotopic (exact) mass is 380 g/mol. The highest BCUT2D eigenvalue weighted by Gasteiger charge is 2.13. The van der Waals surface area contributed by atoms with Crippen molar-refractivity contribution < 1.29 is 4.52 Å². The number of benzene rings is 1. The molecule has 148 valence electrons. The normalized spacial score (nSPS) is 11.6. The highest BCUT2D eigenvalue weighted by atomic mass is 16.5. The Bertz CT molecular complexity index is 912. The van der Waals surface area contributed by atoms with Crippen LogP contribution in [0.4, 0.5) is 5.82 Å². The summed E-state index contributed by atoms with van der Waals surface area (Å²) in [5.41, 5.74) is 3.13. The van der Waals surface area contributed by atoms with Crippen LogP contribution in [0, 0.1) is 0 Å². The number of aromatic nitrogens is 2. The molecule has 28 heavy (non-hydrogen) atoms. The van der Waals surface area contributed by atoms with Crippen molar-refractivity contribution in [2.75, 3.05) is 25.5 Å². The molecule has 2 heterocycles. The summed E-state index contributed by atoms with van der Waals surface area (Å²) < 4.78 is 5.41. The number of guanidine groups is 1. The summed E-state index contributed by atoms with van der Waals surface area (Å²) in [5, 5.41) is 15.3.